The van der Waals surface area contributed by atoms with Crippen molar-refractivity contribution in [2.45, 2.75) is 18.6 Å². The summed E-state index contributed by atoms with van der Waals surface area (Å²) < 4.78 is 1.95. The third-order valence-electron chi connectivity index (χ3n) is 4.45. The van der Waals surface area contributed by atoms with E-state index in [1.807, 2.05) is 72.2 Å². The van der Waals surface area contributed by atoms with Crippen molar-refractivity contribution in [1.82, 2.24) is 19.7 Å². The molecule has 2 heterocycles. The Morgan fingerprint density at radius 1 is 0.938 bits per heavy atom. The minimum Gasteiger partial charge on any atom is -0.325 e. The molecule has 0 unspecified atom stereocenters. The molecule has 2 aromatic carbocycles. The van der Waals surface area contributed by atoms with Crippen LogP contribution in [0.2, 0.25) is 0 Å². The summed E-state index contributed by atoms with van der Waals surface area (Å²) in [5.74, 6) is 0.783. The van der Waals surface area contributed by atoms with E-state index in [0.29, 0.717) is 28.9 Å². The Kier molecular flexibility index (Phi) is 6.98. The molecule has 0 aliphatic rings. The molecule has 0 fully saturated rings. The number of pyridine rings is 1. The Balaban J connectivity index is 1.33. The van der Waals surface area contributed by atoms with Crippen LogP contribution in [0.3, 0.4) is 0 Å². The topological polar surface area (TPSA) is 97.4 Å². The molecule has 1 N–H and O–H groups in total. The van der Waals surface area contributed by atoms with Gasteiger partial charge in [0.1, 0.15) is 5.69 Å². The second-order valence-corrected chi connectivity index (χ2v) is 7.63. The third-order valence-corrected chi connectivity index (χ3v) is 5.41. The summed E-state index contributed by atoms with van der Waals surface area (Å²) in [6.07, 6.45) is 1.72. The van der Waals surface area contributed by atoms with Crippen molar-refractivity contribution in [2.24, 2.45) is 10.2 Å². The number of carbonyl (C=O) groups is 1. The maximum atomic E-state index is 12.4. The van der Waals surface area contributed by atoms with Gasteiger partial charge in [0.15, 0.2) is 11.0 Å². The molecular formula is C23H21N7OS. The van der Waals surface area contributed by atoms with Crippen LogP contribution in [-0.2, 0) is 11.3 Å². The zero-order chi connectivity index (χ0) is 22.2. The van der Waals surface area contributed by atoms with Crippen LogP contribution < -0.4 is 5.32 Å². The van der Waals surface area contributed by atoms with Crippen LogP contribution in [0, 0.1) is 0 Å². The van der Waals surface area contributed by atoms with Crippen molar-refractivity contribution in [3.63, 3.8) is 0 Å². The van der Waals surface area contributed by atoms with Crippen LogP contribution in [0.4, 0.5) is 17.1 Å². The molecule has 4 rings (SSSR count). The highest BCUT2D eigenvalue weighted by Gasteiger charge is 2.15. The molecule has 0 atom stereocenters. The predicted molar refractivity (Wildman–Crippen MR) is 125 cm³/mol. The highest BCUT2D eigenvalue weighted by molar-refractivity contribution is 7.99. The fourth-order valence-corrected chi connectivity index (χ4v) is 3.72. The molecule has 0 radical (unpaired) electrons. The van der Waals surface area contributed by atoms with Gasteiger partial charge >= 0.3 is 0 Å². The lowest BCUT2D eigenvalue weighted by atomic mass is 10.3. The summed E-state index contributed by atoms with van der Waals surface area (Å²) in [5.41, 5.74) is 2.94. The number of nitrogens with one attached hydrogen (secondary N) is 1. The maximum absolute atomic E-state index is 12.4. The van der Waals surface area contributed by atoms with E-state index in [1.54, 1.807) is 18.3 Å². The zero-order valence-corrected chi connectivity index (χ0v) is 18.2. The Morgan fingerprint density at radius 3 is 2.34 bits per heavy atom. The highest BCUT2D eigenvalue weighted by Crippen LogP contribution is 2.23. The minimum absolute atomic E-state index is 0.126. The first kappa shape index (κ1) is 21.4. The average Bonchev–Trinajstić information content (AvgIpc) is 3.26. The third kappa shape index (κ3) is 5.44. The van der Waals surface area contributed by atoms with E-state index in [4.69, 9.17) is 0 Å². The molecule has 0 aliphatic heterocycles. The van der Waals surface area contributed by atoms with Crippen LogP contribution >= 0.6 is 11.8 Å². The van der Waals surface area contributed by atoms with Crippen LogP contribution in [0.1, 0.15) is 6.92 Å². The van der Waals surface area contributed by atoms with Gasteiger partial charge in [-0.05, 0) is 55.5 Å². The summed E-state index contributed by atoms with van der Waals surface area (Å²) in [6, 6.07) is 22.4. The number of carbonyl (C=O) groups excluding carboxylic acids is 1. The lowest BCUT2D eigenvalue weighted by Gasteiger charge is -2.07. The second kappa shape index (κ2) is 10.5. The van der Waals surface area contributed by atoms with Gasteiger partial charge in [0.05, 0.1) is 17.1 Å². The monoisotopic (exact) mass is 443 g/mol. The SMILES string of the molecule is CCn1c(SCC(=O)Nc2ccc(N=Nc3ccccc3)cc2)nnc1-c1ccccn1. The van der Waals surface area contributed by atoms with Crippen LogP contribution in [0.15, 0.2) is 94.4 Å². The molecule has 0 saturated heterocycles. The number of amides is 1. The molecule has 0 bridgehead atoms. The number of nitrogens with zero attached hydrogens (tertiary/aromatic N) is 6. The van der Waals surface area contributed by atoms with Gasteiger partial charge < -0.3 is 9.88 Å². The van der Waals surface area contributed by atoms with Gasteiger partial charge in [-0.15, -0.1) is 10.2 Å². The van der Waals surface area contributed by atoms with Gasteiger partial charge in [-0.2, -0.15) is 10.2 Å². The molecule has 0 aliphatic carbocycles. The van der Waals surface area contributed by atoms with Crippen LogP contribution in [0.5, 0.6) is 0 Å². The molecule has 160 valence electrons. The van der Waals surface area contributed by atoms with Crippen LogP contribution in [-0.4, -0.2) is 31.4 Å². The van der Waals surface area contributed by atoms with E-state index in [1.165, 1.54) is 11.8 Å². The number of benzene rings is 2. The number of aromatic nitrogens is 4. The minimum atomic E-state index is -0.126. The van der Waals surface area contributed by atoms with E-state index in [-0.39, 0.29) is 11.7 Å². The van der Waals surface area contributed by atoms with E-state index in [9.17, 15) is 4.79 Å². The second-order valence-electron chi connectivity index (χ2n) is 6.68. The van der Waals surface area contributed by atoms with Gasteiger partial charge in [0, 0.05) is 18.4 Å². The fraction of sp³-hybridized carbons (Fsp3) is 0.130. The predicted octanol–water partition coefficient (Wildman–Crippen LogP) is 5.51. The lowest BCUT2D eigenvalue weighted by molar-refractivity contribution is -0.113. The van der Waals surface area contributed by atoms with Crippen molar-refractivity contribution < 1.29 is 4.79 Å². The molecule has 9 heteroatoms. The standard InChI is InChI=1S/C23H21N7OS/c1-2-30-22(20-10-6-7-15-24-20)28-29-23(30)32-16-21(31)25-17-11-13-19(14-12-17)27-26-18-8-4-3-5-9-18/h3-15H,2,16H2,1H3,(H,25,31). The van der Waals surface area contributed by atoms with Crippen molar-refractivity contribution in [3.8, 4) is 11.5 Å². The summed E-state index contributed by atoms with van der Waals surface area (Å²) in [7, 11) is 0. The molecule has 8 nitrogen and oxygen atoms in total. The normalized spacial score (nSPS) is 11.0. The smallest absolute Gasteiger partial charge is 0.234 e. The number of anilines is 1. The highest BCUT2D eigenvalue weighted by atomic mass is 32.2. The number of rotatable bonds is 8. The molecule has 4 aromatic rings. The molecule has 2 aromatic heterocycles. The van der Waals surface area contributed by atoms with E-state index in [2.05, 4.69) is 30.7 Å². The molecule has 0 saturated carbocycles. The average molecular weight is 444 g/mol. The maximum Gasteiger partial charge on any atom is 0.234 e. The molecule has 32 heavy (non-hydrogen) atoms. The first-order valence-corrected chi connectivity index (χ1v) is 11.1. The van der Waals surface area contributed by atoms with Crippen molar-refractivity contribution in [3.05, 3.63) is 79.0 Å². The summed E-state index contributed by atoms with van der Waals surface area (Å²) in [4.78, 5) is 16.7. The quantitative estimate of drug-likeness (QED) is 0.286. The molecule has 1 amide bonds. The summed E-state index contributed by atoms with van der Waals surface area (Å²) >= 11 is 1.34. The van der Waals surface area contributed by atoms with Gasteiger partial charge in [0.25, 0.3) is 0 Å². The van der Waals surface area contributed by atoms with Gasteiger partial charge in [-0.25, -0.2) is 0 Å². The van der Waals surface area contributed by atoms with Crippen molar-refractivity contribution in [2.75, 3.05) is 11.1 Å². The number of thioether (sulfide) groups is 1. The number of hydrogen-bond donors (Lipinski definition) is 1. The largest absolute Gasteiger partial charge is 0.325 e. The van der Waals surface area contributed by atoms with E-state index < -0.39 is 0 Å². The van der Waals surface area contributed by atoms with E-state index in [0.717, 1.165) is 11.4 Å². The Labute approximate surface area is 189 Å². The van der Waals surface area contributed by atoms with Crippen molar-refractivity contribution >= 4 is 34.7 Å². The van der Waals surface area contributed by atoms with E-state index >= 15 is 0 Å². The number of azo groups is 1. The first-order valence-electron chi connectivity index (χ1n) is 10.1. The zero-order valence-electron chi connectivity index (χ0n) is 17.4. The summed E-state index contributed by atoms with van der Waals surface area (Å²) in [6.45, 7) is 2.69. The van der Waals surface area contributed by atoms with Gasteiger partial charge in [-0.3, -0.25) is 9.78 Å². The van der Waals surface area contributed by atoms with Crippen molar-refractivity contribution in [1.29, 1.82) is 0 Å². The summed E-state index contributed by atoms with van der Waals surface area (Å²) in [5, 5.41) is 20.4. The first-order chi connectivity index (χ1) is 15.7. The Bertz CT molecular complexity index is 1190. The molecule has 0 spiro atoms. The van der Waals surface area contributed by atoms with Gasteiger partial charge in [-0.1, -0.05) is 36.0 Å². The number of hydrogen-bond acceptors (Lipinski definition) is 7. The Morgan fingerprint density at radius 2 is 1.66 bits per heavy atom. The Hall–Kier alpha value is -3.85. The molecular weight excluding hydrogens is 422 g/mol. The fourth-order valence-electron chi connectivity index (χ4n) is 2.91. The van der Waals surface area contributed by atoms with Gasteiger partial charge in [0.2, 0.25) is 5.91 Å². The van der Waals surface area contributed by atoms with Crippen LogP contribution in [0.25, 0.3) is 11.5 Å². The lowest BCUT2D eigenvalue weighted by Crippen LogP contribution is -2.14.